The molecule has 1 aromatic carbocycles. The molecular formula is C18H20F3N3O2. The molecule has 140 valence electrons. The van der Waals surface area contributed by atoms with Gasteiger partial charge < -0.3 is 15.4 Å². The van der Waals surface area contributed by atoms with Gasteiger partial charge in [-0.15, -0.1) is 0 Å². The van der Waals surface area contributed by atoms with E-state index >= 15 is 0 Å². The number of hydrogen-bond donors (Lipinski definition) is 2. The van der Waals surface area contributed by atoms with E-state index in [0.717, 1.165) is 30.8 Å². The van der Waals surface area contributed by atoms with Gasteiger partial charge in [-0.2, -0.15) is 13.2 Å². The molecule has 3 atom stereocenters. The SMILES string of the molecule is O=C(Nc1ccc([C@H]2O[C@@H]3CNC2C3)cc1)c1ccnc(C(F)(F)F)c1.[HH].[HH]. The van der Waals surface area contributed by atoms with E-state index in [9.17, 15) is 18.0 Å². The summed E-state index contributed by atoms with van der Waals surface area (Å²) in [7, 11) is 0. The van der Waals surface area contributed by atoms with Crippen molar-refractivity contribution in [3.63, 3.8) is 0 Å². The number of benzene rings is 1. The zero-order chi connectivity index (χ0) is 18.3. The number of morpholine rings is 1. The summed E-state index contributed by atoms with van der Waals surface area (Å²) in [5.41, 5.74) is 0.310. The van der Waals surface area contributed by atoms with Gasteiger partial charge in [0.2, 0.25) is 0 Å². The molecule has 2 saturated heterocycles. The standard InChI is InChI=1S/C18H16F3N3O2.2H2/c19-18(20,21)15-7-11(5-6-22-15)17(25)24-12-3-1-10(2-4-12)16-14-8-13(26-16)9-23-14;;/h1-7,13-14,16,23H,8-9H2,(H,24,25);2*1H/t13-,14?,16+;;/m0../s1. The van der Waals surface area contributed by atoms with Crippen molar-refractivity contribution >= 4 is 11.6 Å². The molecule has 0 spiro atoms. The topological polar surface area (TPSA) is 63.2 Å². The highest BCUT2D eigenvalue weighted by Gasteiger charge is 2.41. The van der Waals surface area contributed by atoms with Crippen LogP contribution in [-0.4, -0.2) is 29.6 Å². The number of nitrogens with one attached hydrogen (secondary N) is 2. The number of amides is 1. The van der Waals surface area contributed by atoms with Gasteiger partial charge in [-0.05, 0) is 36.2 Å². The summed E-state index contributed by atoms with van der Waals surface area (Å²) < 4.78 is 44.0. The number of alkyl halides is 3. The number of ether oxygens (including phenoxy) is 1. The molecule has 1 amide bonds. The van der Waals surface area contributed by atoms with E-state index in [-0.39, 0.29) is 20.6 Å². The Labute approximate surface area is 150 Å². The van der Waals surface area contributed by atoms with Gasteiger partial charge >= 0.3 is 6.18 Å². The van der Waals surface area contributed by atoms with Crippen molar-refractivity contribution < 1.29 is 25.6 Å². The third kappa shape index (κ3) is 3.30. The van der Waals surface area contributed by atoms with Gasteiger partial charge in [0.15, 0.2) is 0 Å². The molecule has 1 aromatic heterocycles. The Kier molecular flexibility index (Phi) is 4.16. The highest BCUT2D eigenvalue weighted by Crippen LogP contribution is 2.37. The monoisotopic (exact) mass is 367 g/mol. The number of aromatic nitrogens is 1. The summed E-state index contributed by atoms with van der Waals surface area (Å²) in [6.07, 6.45) is -2.38. The second-order valence-electron chi connectivity index (χ2n) is 6.43. The van der Waals surface area contributed by atoms with Gasteiger partial charge in [-0.25, -0.2) is 0 Å². The van der Waals surface area contributed by atoms with Crippen LogP contribution in [0.15, 0.2) is 42.6 Å². The molecule has 5 nitrogen and oxygen atoms in total. The van der Waals surface area contributed by atoms with Gasteiger partial charge in [0.1, 0.15) is 5.69 Å². The van der Waals surface area contributed by atoms with E-state index in [1.807, 2.05) is 12.1 Å². The molecule has 1 unspecified atom stereocenters. The minimum atomic E-state index is -4.59. The van der Waals surface area contributed by atoms with Gasteiger partial charge in [0, 0.05) is 32.9 Å². The Bertz CT molecular complexity index is 834. The lowest BCUT2D eigenvalue weighted by Crippen LogP contribution is -2.33. The first-order valence-electron chi connectivity index (χ1n) is 8.23. The molecule has 0 radical (unpaired) electrons. The Morgan fingerprint density at radius 1 is 1.27 bits per heavy atom. The van der Waals surface area contributed by atoms with E-state index in [1.165, 1.54) is 6.07 Å². The molecule has 2 aromatic rings. The number of pyridine rings is 1. The second kappa shape index (κ2) is 6.37. The van der Waals surface area contributed by atoms with Crippen molar-refractivity contribution in [2.24, 2.45) is 0 Å². The maximum absolute atomic E-state index is 12.7. The Balaban J connectivity index is 0.00000140. The smallest absolute Gasteiger partial charge is 0.367 e. The quantitative estimate of drug-likeness (QED) is 0.869. The average molecular weight is 367 g/mol. The first-order chi connectivity index (χ1) is 12.4. The number of carbonyl (C=O) groups excluding carboxylic acids is 1. The summed E-state index contributed by atoms with van der Waals surface area (Å²) in [6.45, 7) is 0.876. The van der Waals surface area contributed by atoms with Crippen molar-refractivity contribution in [3.05, 3.63) is 59.4 Å². The van der Waals surface area contributed by atoms with Crippen LogP contribution in [0.2, 0.25) is 0 Å². The van der Waals surface area contributed by atoms with Crippen LogP contribution in [-0.2, 0) is 10.9 Å². The van der Waals surface area contributed by atoms with E-state index in [0.29, 0.717) is 11.7 Å². The number of anilines is 1. The molecule has 8 heteroatoms. The Morgan fingerprint density at radius 2 is 2.04 bits per heavy atom. The summed E-state index contributed by atoms with van der Waals surface area (Å²) in [4.78, 5) is 15.4. The van der Waals surface area contributed by atoms with Crippen LogP contribution in [0.1, 0.15) is 37.0 Å². The van der Waals surface area contributed by atoms with Crippen molar-refractivity contribution in [2.75, 3.05) is 11.9 Å². The first kappa shape index (κ1) is 17.0. The number of rotatable bonds is 3. The minimum absolute atomic E-state index is 0. The number of nitrogens with zero attached hydrogens (tertiary/aromatic N) is 1. The zero-order valence-electron chi connectivity index (χ0n) is 13.6. The van der Waals surface area contributed by atoms with E-state index < -0.39 is 17.8 Å². The molecule has 0 saturated carbocycles. The number of carbonyl (C=O) groups is 1. The van der Waals surface area contributed by atoms with Crippen molar-refractivity contribution in [1.29, 1.82) is 0 Å². The van der Waals surface area contributed by atoms with Gasteiger partial charge in [-0.1, -0.05) is 12.1 Å². The van der Waals surface area contributed by atoms with E-state index in [4.69, 9.17) is 4.74 Å². The lowest BCUT2D eigenvalue weighted by atomic mass is 10.0. The van der Waals surface area contributed by atoms with Crippen LogP contribution < -0.4 is 10.6 Å². The van der Waals surface area contributed by atoms with Crippen LogP contribution in [0.25, 0.3) is 0 Å². The molecule has 0 aliphatic carbocycles. The average Bonchev–Trinajstić information content (AvgIpc) is 3.25. The molecule has 2 bridgehead atoms. The highest BCUT2D eigenvalue weighted by atomic mass is 19.4. The summed E-state index contributed by atoms with van der Waals surface area (Å²) in [5.74, 6) is -0.622. The summed E-state index contributed by atoms with van der Waals surface area (Å²) in [5, 5.41) is 6.00. The van der Waals surface area contributed by atoms with Crippen LogP contribution in [0.4, 0.5) is 18.9 Å². The van der Waals surface area contributed by atoms with Gasteiger partial charge in [0.25, 0.3) is 5.91 Å². The molecule has 2 aliphatic heterocycles. The van der Waals surface area contributed by atoms with Gasteiger partial charge in [0.05, 0.1) is 12.2 Å². The maximum Gasteiger partial charge on any atom is 0.433 e. The van der Waals surface area contributed by atoms with Gasteiger partial charge in [-0.3, -0.25) is 9.78 Å². The van der Waals surface area contributed by atoms with Crippen LogP contribution in [0.5, 0.6) is 0 Å². The lowest BCUT2D eigenvalue weighted by Gasteiger charge is -2.23. The Hall–Kier alpha value is -2.45. The maximum atomic E-state index is 12.7. The number of halogens is 3. The number of hydrogen-bond acceptors (Lipinski definition) is 4. The predicted octanol–water partition coefficient (Wildman–Crippen LogP) is 3.65. The van der Waals surface area contributed by atoms with Crippen molar-refractivity contribution in [1.82, 2.24) is 10.3 Å². The van der Waals surface area contributed by atoms with E-state index in [2.05, 4.69) is 15.6 Å². The molecule has 26 heavy (non-hydrogen) atoms. The van der Waals surface area contributed by atoms with Crippen molar-refractivity contribution in [2.45, 2.75) is 30.8 Å². The third-order valence-electron chi connectivity index (χ3n) is 4.64. The fourth-order valence-electron chi connectivity index (χ4n) is 3.37. The fourth-order valence-corrected chi connectivity index (χ4v) is 3.37. The molecule has 2 N–H and O–H groups in total. The molecule has 2 aliphatic rings. The molecule has 4 rings (SSSR count). The van der Waals surface area contributed by atoms with Crippen LogP contribution in [0.3, 0.4) is 0 Å². The molecular weight excluding hydrogens is 347 g/mol. The van der Waals surface area contributed by atoms with E-state index in [1.54, 1.807) is 12.1 Å². The minimum Gasteiger partial charge on any atom is -0.367 e. The van der Waals surface area contributed by atoms with Crippen LogP contribution in [0, 0.1) is 0 Å². The summed E-state index contributed by atoms with van der Waals surface area (Å²) >= 11 is 0. The highest BCUT2D eigenvalue weighted by molar-refractivity contribution is 6.04. The summed E-state index contributed by atoms with van der Waals surface area (Å²) in [6, 6.07) is 9.43. The fraction of sp³-hybridized carbons (Fsp3) is 0.333. The number of fused-ring (bicyclic) bond motifs is 2. The third-order valence-corrected chi connectivity index (χ3v) is 4.64. The second-order valence-corrected chi connectivity index (χ2v) is 6.43. The van der Waals surface area contributed by atoms with Crippen molar-refractivity contribution in [3.8, 4) is 0 Å². The molecule has 3 heterocycles. The largest absolute Gasteiger partial charge is 0.433 e. The normalized spacial score (nSPS) is 24.7. The molecule has 2 fully saturated rings. The lowest BCUT2D eigenvalue weighted by molar-refractivity contribution is -0.141. The van der Waals surface area contributed by atoms with Crippen LogP contribution >= 0.6 is 0 Å². The predicted molar refractivity (Wildman–Crippen MR) is 91.9 cm³/mol. The zero-order valence-corrected chi connectivity index (χ0v) is 13.6. The first-order valence-corrected chi connectivity index (χ1v) is 8.23. The Morgan fingerprint density at radius 3 is 2.65 bits per heavy atom.